The highest BCUT2D eigenvalue weighted by molar-refractivity contribution is 9.10. The van der Waals surface area contributed by atoms with Gasteiger partial charge in [-0.3, -0.25) is 4.90 Å². The Morgan fingerprint density at radius 2 is 2.07 bits per heavy atom. The highest BCUT2D eigenvalue weighted by atomic mass is 79.9. The molecule has 29 heavy (non-hydrogen) atoms. The Morgan fingerprint density at radius 3 is 2.66 bits per heavy atom. The van der Waals surface area contributed by atoms with Gasteiger partial charge in [0.15, 0.2) is 0 Å². The van der Waals surface area contributed by atoms with Crippen molar-refractivity contribution in [2.45, 2.75) is 58.8 Å². The lowest BCUT2D eigenvalue weighted by atomic mass is 9.96. The molecule has 0 bridgehead atoms. The molecule has 9 heteroatoms. The van der Waals surface area contributed by atoms with Crippen LogP contribution < -0.4 is 22.0 Å². The normalized spacial score (nSPS) is 17.2. The SMILES string of the molecule is CC(C)N(N)/C=C(\N)COc1ccc(Br)c2c1[C@@H](N)N(C(=O)OC(C)(C)C)CC2. The van der Waals surface area contributed by atoms with E-state index in [1.54, 1.807) is 6.20 Å². The number of benzene rings is 1. The zero-order valence-electron chi connectivity index (χ0n) is 17.7. The number of nitrogens with zero attached hydrogens (tertiary/aromatic N) is 2. The quantitative estimate of drug-likeness (QED) is 0.447. The van der Waals surface area contributed by atoms with Crippen molar-refractivity contribution in [3.8, 4) is 5.75 Å². The molecular formula is C20H32BrN5O3. The van der Waals surface area contributed by atoms with Crippen LogP contribution in [0.25, 0.3) is 0 Å². The third kappa shape index (κ3) is 6.01. The maximum absolute atomic E-state index is 12.6. The summed E-state index contributed by atoms with van der Waals surface area (Å²) in [7, 11) is 0. The predicted molar refractivity (Wildman–Crippen MR) is 117 cm³/mol. The molecule has 0 spiro atoms. The first kappa shape index (κ1) is 23.3. The summed E-state index contributed by atoms with van der Waals surface area (Å²) in [6, 6.07) is 3.84. The number of amides is 1. The Hall–Kier alpha value is -1.97. The first-order valence-corrected chi connectivity index (χ1v) is 10.4. The minimum absolute atomic E-state index is 0.116. The molecule has 1 aromatic rings. The Kier molecular flexibility index (Phi) is 7.42. The van der Waals surface area contributed by atoms with Gasteiger partial charge in [0.25, 0.3) is 0 Å². The number of fused-ring (bicyclic) bond motifs is 1. The first-order chi connectivity index (χ1) is 13.4. The molecule has 0 radical (unpaired) electrons. The minimum Gasteiger partial charge on any atom is -0.487 e. The van der Waals surface area contributed by atoms with Gasteiger partial charge in [-0.15, -0.1) is 0 Å². The fourth-order valence-corrected chi connectivity index (χ4v) is 3.46. The van der Waals surface area contributed by atoms with E-state index in [1.165, 1.54) is 9.91 Å². The van der Waals surface area contributed by atoms with Crippen LogP contribution in [0.1, 0.15) is 51.9 Å². The van der Waals surface area contributed by atoms with Gasteiger partial charge in [-0.05, 0) is 58.7 Å². The standard InChI is InChI=1S/C20H32BrN5O3/c1-12(2)26(24)10-13(22)11-28-16-7-6-15(21)14-8-9-25(18(23)17(14)16)19(27)29-20(3,4)5/h6-7,10,12,18H,8-9,11,22-24H2,1-5H3/b13-10-/t18-/m0/s1. The summed E-state index contributed by atoms with van der Waals surface area (Å²) >= 11 is 3.57. The van der Waals surface area contributed by atoms with Gasteiger partial charge in [0.2, 0.25) is 0 Å². The molecule has 1 heterocycles. The van der Waals surface area contributed by atoms with Crippen LogP contribution in [-0.4, -0.2) is 40.8 Å². The van der Waals surface area contributed by atoms with E-state index in [1.807, 2.05) is 46.8 Å². The second-order valence-electron chi connectivity index (χ2n) is 8.34. The molecule has 8 nitrogen and oxygen atoms in total. The number of hydrogen-bond acceptors (Lipinski definition) is 7. The lowest BCUT2D eigenvalue weighted by molar-refractivity contribution is 0.0145. The van der Waals surface area contributed by atoms with E-state index >= 15 is 0 Å². The number of hydrazine groups is 1. The van der Waals surface area contributed by atoms with E-state index in [4.69, 9.17) is 26.8 Å². The molecular weight excluding hydrogens is 438 g/mol. The van der Waals surface area contributed by atoms with Gasteiger partial charge in [0, 0.05) is 28.8 Å². The first-order valence-electron chi connectivity index (χ1n) is 9.59. The molecule has 0 fully saturated rings. The summed E-state index contributed by atoms with van der Waals surface area (Å²) in [5, 5.41) is 1.52. The van der Waals surface area contributed by atoms with Crippen LogP contribution in [0, 0.1) is 0 Å². The van der Waals surface area contributed by atoms with Gasteiger partial charge >= 0.3 is 6.09 Å². The van der Waals surface area contributed by atoms with Crippen LogP contribution >= 0.6 is 15.9 Å². The van der Waals surface area contributed by atoms with E-state index in [2.05, 4.69) is 15.9 Å². The summed E-state index contributed by atoms with van der Waals surface area (Å²) in [6.45, 7) is 10.0. The number of rotatable bonds is 5. The number of halogens is 1. The monoisotopic (exact) mass is 469 g/mol. The van der Waals surface area contributed by atoms with Crippen LogP contribution in [0.3, 0.4) is 0 Å². The van der Waals surface area contributed by atoms with Crippen molar-refractivity contribution >= 4 is 22.0 Å². The highest BCUT2D eigenvalue weighted by Crippen LogP contribution is 2.38. The summed E-state index contributed by atoms with van der Waals surface area (Å²) in [5.74, 6) is 6.46. The van der Waals surface area contributed by atoms with Gasteiger partial charge < -0.3 is 25.9 Å². The molecule has 1 aliphatic heterocycles. The van der Waals surface area contributed by atoms with Crippen LogP contribution in [0.4, 0.5) is 4.79 Å². The molecule has 1 amide bonds. The van der Waals surface area contributed by atoms with E-state index in [-0.39, 0.29) is 12.6 Å². The number of carbonyl (C=O) groups is 1. The van der Waals surface area contributed by atoms with Crippen molar-refractivity contribution in [1.82, 2.24) is 9.91 Å². The second-order valence-corrected chi connectivity index (χ2v) is 9.19. The maximum Gasteiger partial charge on any atom is 0.411 e. The van der Waals surface area contributed by atoms with Gasteiger partial charge in [0.1, 0.15) is 24.1 Å². The molecule has 0 saturated heterocycles. The zero-order chi connectivity index (χ0) is 21.9. The molecule has 0 unspecified atom stereocenters. The summed E-state index contributed by atoms with van der Waals surface area (Å²) < 4.78 is 12.4. The lowest BCUT2D eigenvalue weighted by Crippen LogP contribution is -2.46. The van der Waals surface area contributed by atoms with Crippen molar-refractivity contribution in [2.75, 3.05) is 13.2 Å². The van der Waals surface area contributed by atoms with Crippen molar-refractivity contribution in [2.24, 2.45) is 17.3 Å². The summed E-state index contributed by atoms with van der Waals surface area (Å²) in [6.07, 6.45) is 1.14. The number of ether oxygens (including phenoxy) is 2. The average Bonchev–Trinajstić information content (AvgIpc) is 2.59. The smallest absolute Gasteiger partial charge is 0.411 e. The topological polar surface area (TPSA) is 120 Å². The van der Waals surface area contributed by atoms with Gasteiger partial charge in [-0.25, -0.2) is 10.6 Å². The molecule has 162 valence electrons. The van der Waals surface area contributed by atoms with Crippen LogP contribution in [0.15, 0.2) is 28.5 Å². The molecule has 0 aliphatic carbocycles. The molecule has 1 aliphatic rings. The zero-order valence-corrected chi connectivity index (χ0v) is 19.3. The molecule has 6 N–H and O–H groups in total. The molecule has 0 aromatic heterocycles. The van der Waals surface area contributed by atoms with E-state index in [9.17, 15) is 4.79 Å². The summed E-state index contributed by atoms with van der Waals surface area (Å²) in [5.41, 5.74) is 14.1. The number of nitrogens with two attached hydrogens (primary N) is 3. The van der Waals surface area contributed by atoms with Gasteiger partial charge in [-0.2, -0.15) is 0 Å². The molecule has 1 aromatic carbocycles. The van der Waals surface area contributed by atoms with Crippen molar-refractivity contribution in [3.05, 3.63) is 39.6 Å². The van der Waals surface area contributed by atoms with Crippen LogP contribution in [0.5, 0.6) is 5.75 Å². The Morgan fingerprint density at radius 1 is 1.41 bits per heavy atom. The Labute approximate surface area is 181 Å². The van der Waals surface area contributed by atoms with E-state index < -0.39 is 17.9 Å². The van der Waals surface area contributed by atoms with Crippen LogP contribution in [0.2, 0.25) is 0 Å². The second kappa shape index (κ2) is 9.23. The van der Waals surface area contributed by atoms with Gasteiger partial charge in [0.05, 0.1) is 5.70 Å². The predicted octanol–water partition coefficient (Wildman–Crippen LogP) is 2.96. The summed E-state index contributed by atoms with van der Waals surface area (Å²) in [4.78, 5) is 14.1. The number of hydrogen-bond donors (Lipinski definition) is 3. The highest BCUT2D eigenvalue weighted by Gasteiger charge is 2.34. The average molecular weight is 470 g/mol. The fourth-order valence-electron chi connectivity index (χ4n) is 2.91. The Bertz CT molecular complexity index is 776. The van der Waals surface area contributed by atoms with E-state index in [0.717, 1.165) is 15.6 Å². The largest absolute Gasteiger partial charge is 0.487 e. The van der Waals surface area contributed by atoms with Crippen molar-refractivity contribution < 1.29 is 14.3 Å². The third-order valence-corrected chi connectivity index (χ3v) is 5.17. The molecule has 2 rings (SSSR count). The van der Waals surface area contributed by atoms with E-state index in [0.29, 0.717) is 24.4 Å². The minimum atomic E-state index is -0.687. The number of carbonyl (C=O) groups excluding carboxylic acids is 1. The third-order valence-electron chi connectivity index (χ3n) is 4.43. The Balaban J connectivity index is 2.25. The lowest BCUT2D eigenvalue weighted by Gasteiger charge is -2.37. The molecule has 0 saturated carbocycles. The van der Waals surface area contributed by atoms with Gasteiger partial charge in [-0.1, -0.05) is 15.9 Å². The fraction of sp³-hybridized carbons (Fsp3) is 0.550. The van der Waals surface area contributed by atoms with Crippen LogP contribution in [-0.2, 0) is 11.2 Å². The van der Waals surface area contributed by atoms with Crippen molar-refractivity contribution in [3.63, 3.8) is 0 Å². The maximum atomic E-state index is 12.6. The molecule has 1 atom stereocenters. The van der Waals surface area contributed by atoms with Crippen molar-refractivity contribution in [1.29, 1.82) is 0 Å².